The Morgan fingerprint density at radius 3 is 2.66 bits per heavy atom. The highest BCUT2D eigenvalue weighted by atomic mass is 32.1. The first-order chi connectivity index (χ1) is 14.3. The van der Waals surface area contributed by atoms with Crippen LogP contribution in [0.3, 0.4) is 0 Å². The number of ether oxygens (including phenoxy) is 1. The fourth-order valence-corrected chi connectivity index (χ4v) is 5.17. The first-order valence-corrected chi connectivity index (χ1v) is 10.5. The maximum atomic E-state index is 13.6. The summed E-state index contributed by atoms with van der Waals surface area (Å²) in [6.07, 6.45) is 1.03. The molecule has 4 nitrogen and oxygen atoms in total. The Morgan fingerprint density at radius 2 is 1.97 bits per heavy atom. The van der Waals surface area contributed by atoms with Gasteiger partial charge in [0.05, 0.1) is 30.3 Å². The Labute approximate surface area is 173 Å². The van der Waals surface area contributed by atoms with E-state index in [1.54, 1.807) is 0 Å². The van der Waals surface area contributed by atoms with Crippen LogP contribution in [0, 0.1) is 11.3 Å². The van der Waals surface area contributed by atoms with E-state index >= 15 is 0 Å². The monoisotopic (exact) mass is 408 g/mol. The van der Waals surface area contributed by atoms with Crippen molar-refractivity contribution in [2.24, 2.45) is 0 Å². The summed E-state index contributed by atoms with van der Waals surface area (Å²) in [6.45, 7) is 2.01. The molecule has 0 radical (unpaired) electrons. The molecule has 3 aromatic rings. The van der Waals surface area contributed by atoms with Gasteiger partial charge in [-0.05, 0) is 22.8 Å². The standard InChI is InChI=1S/C23H21FN2O2S/c24-8-7-19(18-6-5-16-3-1-2-4-17(16)13-18)22-20(14-25)23(29-21(22)15-27)26-9-11-28-12-10-26/h1-6,13,15,19H,7-12H2. The van der Waals surface area contributed by atoms with E-state index in [0.29, 0.717) is 42.3 Å². The molecule has 0 aliphatic carbocycles. The normalized spacial score (nSPS) is 15.2. The third kappa shape index (κ3) is 3.76. The Hall–Kier alpha value is -2.75. The molecule has 1 unspecified atom stereocenters. The molecule has 0 saturated carbocycles. The molecule has 6 heteroatoms. The Bertz CT molecular complexity index is 1070. The van der Waals surface area contributed by atoms with Crippen molar-refractivity contribution in [3.8, 4) is 6.07 Å². The van der Waals surface area contributed by atoms with Gasteiger partial charge in [-0.2, -0.15) is 5.26 Å². The quantitative estimate of drug-likeness (QED) is 0.544. The average molecular weight is 408 g/mol. The molecule has 0 amide bonds. The number of aldehydes is 1. The van der Waals surface area contributed by atoms with E-state index in [0.717, 1.165) is 27.6 Å². The summed E-state index contributed by atoms with van der Waals surface area (Å²) in [7, 11) is 0. The summed E-state index contributed by atoms with van der Waals surface area (Å²) in [6, 6.07) is 16.3. The minimum absolute atomic E-state index is 0.229. The molecule has 1 aromatic heterocycles. The molecular weight excluding hydrogens is 387 g/mol. The molecule has 2 heterocycles. The Kier molecular flexibility index (Phi) is 5.89. The lowest BCUT2D eigenvalue weighted by Gasteiger charge is -2.28. The number of nitrogens with zero attached hydrogens (tertiary/aromatic N) is 2. The summed E-state index contributed by atoms with van der Waals surface area (Å²) in [5.41, 5.74) is 2.07. The third-order valence-corrected chi connectivity index (χ3v) is 6.59. The maximum Gasteiger partial charge on any atom is 0.160 e. The van der Waals surface area contributed by atoms with Crippen LogP contribution in [0.1, 0.15) is 38.7 Å². The summed E-state index contributed by atoms with van der Waals surface area (Å²) >= 11 is 1.33. The largest absolute Gasteiger partial charge is 0.378 e. The minimum Gasteiger partial charge on any atom is -0.378 e. The van der Waals surface area contributed by atoms with E-state index in [1.165, 1.54) is 11.3 Å². The molecule has 1 fully saturated rings. The SMILES string of the molecule is N#Cc1c(N2CCOCC2)sc(C=O)c1C(CCF)c1ccc2ccccc2c1. The van der Waals surface area contributed by atoms with E-state index in [-0.39, 0.29) is 12.3 Å². The summed E-state index contributed by atoms with van der Waals surface area (Å²) < 4.78 is 19.0. The number of carbonyl (C=O) groups is 1. The van der Waals surface area contributed by atoms with Gasteiger partial charge in [-0.3, -0.25) is 9.18 Å². The van der Waals surface area contributed by atoms with Gasteiger partial charge >= 0.3 is 0 Å². The molecule has 1 aliphatic rings. The molecule has 1 atom stereocenters. The molecule has 4 rings (SSSR count). The van der Waals surface area contributed by atoms with Gasteiger partial charge in [-0.25, -0.2) is 0 Å². The summed E-state index contributed by atoms with van der Waals surface area (Å²) in [5, 5.41) is 12.9. The maximum absolute atomic E-state index is 13.6. The number of halogens is 1. The van der Waals surface area contributed by atoms with E-state index in [2.05, 4.69) is 11.0 Å². The van der Waals surface area contributed by atoms with Gasteiger partial charge in [0, 0.05) is 24.6 Å². The highest BCUT2D eigenvalue weighted by molar-refractivity contribution is 7.18. The number of thiophene rings is 1. The van der Waals surface area contributed by atoms with Gasteiger partial charge in [0.25, 0.3) is 0 Å². The third-order valence-electron chi connectivity index (χ3n) is 5.39. The molecule has 0 N–H and O–H groups in total. The smallest absolute Gasteiger partial charge is 0.160 e. The Balaban J connectivity index is 1.85. The highest BCUT2D eigenvalue weighted by Gasteiger charge is 2.29. The molecule has 1 saturated heterocycles. The van der Waals surface area contributed by atoms with Gasteiger partial charge in [0.2, 0.25) is 0 Å². The van der Waals surface area contributed by atoms with E-state index in [1.807, 2.05) is 42.5 Å². The molecule has 1 aliphatic heterocycles. The number of benzene rings is 2. The van der Waals surface area contributed by atoms with Crippen molar-refractivity contribution < 1.29 is 13.9 Å². The van der Waals surface area contributed by atoms with E-state index in [4.69, 9.17) is 4.74 Å². The second-order valence-electron chi connectivity index (χ2n) is 7.03. The zero-order valence-electron chi connectivity index (χ0n) is 15.9. The fraction of sp³-hybridized carbons (Fsp3) is 0.304. The predicted molar refractivity (Wildman–Crippen MR) is 114 cm³/mol. The van der Waals surface area contributed by atoms with E-state index < -0.39 is 6.67 Å². The number of carbonyl (C=O) groups excluding carboxylic acids is 1. The fourth-order valence-electron chi connectivity index (χ4n) is 3.99. The van der Waals surface area contributed by atoms with Crippen molar-refractivity contribution in [3.63, 3.8) is 0 Å². The zero-order chi connectivity index (χ0) is 20.2. The van der Waals surface area contributed by atoms with Crippen molar-refractivity contribution in [1.29, 1.82) is 5.26 Å². The summed E-state index contributed by atoms with van der Waals surface area (Å²) in [4.78, 5) is 14.5. The van der Waals surface area contributed by atoms with Crippen LogP contribution >= 0.6 is 11.3 Å². The van der Waals surface area contributed by atoms with Crippen LogP contribution in [-0.2, 0) is 4.74 Å². The second kappa shape index (κ2) is 8.73. The molecule has 2 aromatic carbocycles. The zero-order valence-corrected chi connectivity index (χ0v) is 16.8. The first-order valence-electron chi connectivity index (χ1n) is 9.66. The van der Waals surface area contributed by atoms with E-state index in [9.17, 15) is 14.4 Å². The number of fused-ring (bicyclic) bond motifs is 1. The van der Waals surface area contributed by atoms with Crippen molar-refractivity contribution in [1.82, 2.24) is 0 Å². The first kappa shape index (κ1) is 19.6. The van der Waals surface area contributed by atoms with Crippen LogP contribution < -0.4 is 4.90 Å². The molecule has 0 bridgehead atoms. The topological polar surface area (TPSA) is 53.3 Å². The lowest BCUT2D eigenvalue weighted by Crippen LogP contribution is -2.36. The molecule has 148 valence electrons. The minimum atomic E-state index is -0.524. The van der Waals surface area contributed by atoms with Crippen LogP contribution in [0.5, 0.6) is 0 Å². The van der Waals surface area contributed by atoms with Crippen molar-refractivity contribution in [2.45, 2.75) is 12.3 Å². The van der Waals surface area contributed by atoms with Gasteiger partial charge in [-0.1, -0.05) is 42.5 Å². The van der Waals surface area contributed by atoms with Crippen molar-refractivity contribution >= 4 is 33.4 Å². The molecule has 29 heavy (non-hydrogen) atoms. The number of hydrogen-bond acceptors (Lipinski definition) is 5. The van der Waals surface area contributed by atoms with Gasteiger partial charge < -0.3 is 9.64 Å². The van der Waals surface area contributed by atoms with Gasteiger partial charge in [0.15, 0.2) is 6.29 Å². The van der Waals surface area contributed by atoms with Gasteiger partial charge in [0.1, 0.15) is 11.1 Å². The lowest BCUT2D eigenvalue weighted by atomic mass is 9.85. The predicted octanol–water partition coefficient (Wildman–Crippen LogP) is 4.91. The van der Waals surface area contributed by atoms with Crippen LogP contribution in [0.15, 0.2) is 42.5 Å². The number of hydrogen-bond donors (Lipinski definition) is 0. The number of nitriles is 1. The highest BCUT2D eigenvalue weighted by Crippen LogP contribution is 2.43. The number of rotatable bonds is 6. The second-order valence-corrected chi connectivity index (χ2v) is 8.06. The average Bonchev–Trinajstić information content (AvgIpc) is 3.16. The van der Waals surface area contributed by atoms with Crippen LogP contribution in [0.2, 0.25) is 0 Å². The summed E-state index contributed by atoms with van der Waals surface area (Å²) in [5.74, 6) is -0.342. The van der Waals surface area contributed by atoms with Crippen LogP contribution in [0.25, 0.3) is 10.8 Å². The Morgan fingerprint density at radius 1 is 1.21 bits per heavy atom. The van der Waals surface area contributed by atoms with Crippen molar-refractivity contribution in [2.75, 3.05) is 37.9 Å². The van der Waals surface area contributed by atoms with Crippen LogP contribution in [-0.4, -0.2) is 39.3 Å². The number of morpholine rings is 1. The lowest BCUT2D eigenvalue weighted by molar-refractivity contribution is 0.112. The van der Waals surface area contributed by atoms with Crippen LogP contribution in [0.4, 0.5) is 9.39 Å². The number of alkyl halides is 1. The number of anilines is 1. The molecule has 0 spiro atoms. The molecular formula is C23H21FN2O2S. The van der Waals surface area contributed by atoms with Gasteiger partial charge in [-0.15, -0.1) is 11.3 Å². The van der Waals surface area contributed by atoms with Crippen molar-refractivity contribution in [3.05, 3.63) is 64.0 Å².